The number of nitrogens with one attached hydrogen (secondary N) is 1. The van der Waals surface area contributed by atoms with Gasteiger partial charge in [-0.25, -0.2) is 0 Å². The van der Waals surface area contributed by atoms with E-state index in [0.717, 1.165) is 12.5 Å². The van der Waals surface area contributed by atoms with Crippen LogP contribution >= 0.6 is 0 Å². The Morgan fingerprint density at radius 3 is 2.25 bits per heavy atom. The number of rotatable bonds is 6. The molecule has 1 aliphatic heterocycles. The normalized spacial score (nSPS) is 22.2. The van der Waals surface area contributed by atoms with E-state index >= 15 is 0 Å². The lowest BCUT2D eigenvalue weighted by molar-refractivity contribution is 0.130. The number of piperidine rings is 1. The fourth-order valence-corrected chi connectivity index (χ4v) is 2.89. The Labute approximate surface area is 127 Å². The standard InChI is InChI=1S/C17H37N3/c1-14(12-18-17(3,4)5)15(2)20(7)13-16-8-10-19(6)11-9-16/h14-16,18H,8-13H2,1-7H3. The van der Waals surface area contributed by atoms with Gasteiger partial charge in [-0.15, -0.1) is 0 Å². The molecule has 0 bridgehead atoms. The second-order valence-corrected chi connectivity index (χ2v) is 8.04. The molecule has 1 rings (SSSR count). The van der Waals surface area contributed by atoms with Crippen molar-refractivity contribution in [2.75, 3.05) is 40.3 Å². The fraction of sp³-hybridized carbons (Fsp3) is 1.00. The maximum Gasteiger partial charge on any atom is 0.0102 e. The summed E-state index contributed by atoms with van der Waals surface area (Å²) in [5, 5.41) is 3.63. The van der Waals surface area contributed by atoms with Crippen LogP contribution in [0.2, 0.25) is 0 Å². The maximum absolute atomic E-state index is 3.63. The van der Waals surface area contributed by atoms with Crippen LogP contribution in [0.3, 0.4) is 0 Å². The van der Waals surface area contributed by atoms with Crippen LogP contribution in [0.1, 0.15) is 47.5 Å². The van der Waals surface area contributed by atoms with Crippen LogP contribution in [-0.4, -0.2) is 61.7 Å². The molecule has 0 radical (unpaired) electrons. The molecule has 0 saturated carbocycles. The quantitative estimate of drug-likeness (QED) is 0.808. The first-order chi connectivity index (χ1) is 9.19. The van der Waals surface area contributed by atoms with Crippen LogP contribution in [0, 0.1) is 11.8 Å². The molecule has 2 atom stereocenters. The molecule has 3 nitrogen and oxygen atoms in total. The van der Waals surface area contributed by atoms with E-state index in [1.807, 2.05) is 0 Å². The van der Waals surface area contributed by atoms with Crippen LogP contribution < -0.4 is 5.32 Å². The third-order valence-electron chi connectivity index (χ3n) is 4.86. The van der Waals surface area contributed by atoms with Gasteiger partial charge in [0, 0.05) is 18.1 Å². The van der Waals surface area contributed by atoms with Crippen molar-refractivity contribution >= 4 is 0 Å². The lowest BCUT2D eigenvalue weighted by atomic mass is 9.94. The number of hydrogen-bond donors (Lipinski definition) is 1. The highest BCUT2D eigenvalue weighted by molar-refractivity contribution is 4.79. The molecular formula is C17H37N3. The van der Waals surface area contributed by atoms with E-state index in [1.165, 1.54) is 32.5 Å². The van der Waals surface area contributed by atoms with Crippen molar-refractivity contribution in [3.8, 4) is 0 Å². The van der Waals surface area contributed by atoms with Gasteiger partial charge in [0.2, 0.25) is 0 Å². The molecule has 0 aliphatic carbocycles. The summed E-state index contributed by atoms with van der Waals surface area (Å²) in [5.41, 5.74) is 0.223. The zero-order valence-corrected chi connectivity index (χ0v) is 14.9. The summed E-state index contributed by atoms with van der Waals surface area (Å²) >= 11 is 0. The first-order valence-corrected chi connectivity index (χ1v) is 8.33. The Morgan fingerprint density at radius 1 is 1.20 bits per heavy atom. The molecule has 0 spiro atoms. The Bertz CT molecular complexity index is 264. The van der Waals surface area contributed by atoms with Gasteiger partial charge in [0.05, 0.1) is 0 Å². The van der Waals surface area contributed by atoms with E-state index in [2.05, 4.69) is 63.8 Å². The molecule has 1 heterocycles. The van der Waals surface area contributed by atoms with Gasteiger partial charge in [-0.3, -0.25) is 0 Å². The average Bonchev–Trinajstić information content (AvgIpc) is 2.36. The summed E-state index contributed by atoms with van der Waals surface area (Å²) in [7, 11) is 4.54. The zero-order chi connectivity index (χ0) is 15.3. The number of hydrogen-bond acceptors (Lipinski definition) is 3. The number of nitrogens with zero attached hydrogens (tertiary/aromatic N) is 2. The minimum atomic E-state index is 0.223. The zero-order valence-electron chi connectivity index (χ0n) is 14.9. The fourth-order valence-electron chi connectivity index (χ4n) is 2.89. The lowest BCUT2D eigenvalue weighted by Crippen LogP contribution is -2.46. The van der Waals surface area contributed by atoms with Crippen LogP contribution in [0.25, 0.3) is 0 Å². The summed E-state index contributed by atoms with van der Waals surface area (Å²) in [5.74, 6) is 1.58. The topological polar surface area (TPSA) is 18.5 Å². The Hall–Kier alpha value is -0.120. The molecule has 0 aromatic carbocycles. The summed E-state index contributed by atoms with van der Waals surface area (Å²) in [6.45, 7) is 16.4. The van der Waals surface area contributed by atoms with E-state index in [9.17, 15) is 0 Å². The van der Waals surface area contributed by atoms with Gasteiger partial charge >= 0.3 is 0 Å². The van der Waals surface area contributed by atoms with Gasteiger partial charge in [-0.05, 0) is 86.1 Å². The average molecular weight is 284 g/mol. The third-order valence-corrected chi connectivity index (χ3v) is 4.86. The minimum absolute atomic E-state index is 0.223. The van der Waals surface area contributed by atoms with Crippen molar-refractivity contribution < 1.29 is 0 Å². The van der Waals surface area contributed by atoms with Crippen LogP contribution in [0.5, 0.6) is 0 Å². The third kappa shape index (κ3) is 6.55. The maximum atomic E-state index is 3.63. The van der Waals surface area contributed by atoms with Crippen LogP contribution in [-0.2, 0) is 0 Å². The van der Waals surface area contributed by atoms with Gasteiger partial charge in [0.25, 0.3) is 0 Å². The summed E-state index contributed by atoms with van der Waals surface area (Å²) in [6, 6.07) is 0.643. The van der Waals surface area contributed by atoms with E-state index in [4.69, 9.17) is 0 Å². The molecule has 1 saturated heterocycles. The molecule has 0 aromatic heterocycles. The molecule has 0 aromatic rings. The first-order valence-electron chi connectivity index (χ1n) is 8.33. The van der Waals surface area contributed by atoms with Crippen molar-refractivity contribution in [1.82, 2.24) is 15.1 Å². The predicted molar refractivity (Wildman–Crippen MR) is 89.2 cm³/mol. The Balaban J connectivity index is 2.32. The summed E-state index contributed by atoms with van der Waals surface area (Å²) in [6.07, 6.45) is 2.73. The van der Waals surface area contributed by atoms with E-state index in [1.54, 1.807) is 0 Å². The van der Waals surface area contributed by atoms with Gasteiger partial charge in [-0.2, -0.15) is 0 Å². The highest BCUT2D eigenvalue weighted by atomic mass is 15.1. The molecule has 0 amide bonds. The van der Waals surface area contributed by atoms with Gasteiger partial charge < -0.3 is 15.1 Å². The summed E-state index contributed by atoms with van der Waals surface area (Å²) < 4.78 is 0. The van der Waals surface area contributed by atoms with Gasteiger partial charge in [0.1, 0.15) is 0 Å². The molecule has 1 N–H and O–H groups in total. The first kappa shape index (κ1) is 17.9. The molecule has 2 unspecified atom stereocenters. The molecule has 1 aliphatic rings. The highest BCUT2D eigenvalue weighted by Crippen LogP contribution is 2.19. The monoisotopic (exact) mass is 283 g/mol. The molecular weight excluding hydrogens is 246 g/mol. The van der Waals surface area contributed by atoms with Crippen LogP contribution in [0.15, 0.2) is 0 Å². The lowest BCUT2D eigenvalue weighted by Gasteiger charge is -2.36. The van der Waals surface area contributed by atoms with Crippen molar-refractivity contribution in [3.63, 3.8) is 0 Å². The van der Waals surface area contributed by atoms with Gasteiger partial charge in [0.15, 0.2) is 0 Å². The molecule has 1 fully saturated rings. The Kier molecular flexibility index (Phi) is 6.96. The molecule has 120 valence electrons. The Morgan fingerprint density at radius 2 is 1.75 bits per heavy atom. The second-order valence-electron chi connectivity index (χ2n) is 8.04. The van der Waals surface area contributed by atoms with Crippen molar-refractivity contribution in [3.05, 3.63) is 0 Å². The molecule has 3 heteroatoms. The largest absolute Gasteiger partial charge is 0.312 e. The van der Waals surface area contributed by atoms with Crippen LogP contribution in [0.4, 0.5) is 0 Å². The van der Waals surface area contributed by atoms with Crippen molar-refractivity contribution in [2.24, 2.45) is 11.8 Å². The second kappa shape index (κ2) is 7.77. The molecule has 20 heavy (non-hydrogen) atoms. The van der Waals surface area contributed by atoms with E-state index < -0.39 is 0 Å². The SMILES string of the molecule is CC(CNC(C)(C)C)C(C)N(C)CC1CCN(C)CC1. The highest BCUT2D eigenvalue weighted by Gasteiger charge is 2.23. The predicted octanol–water partition coefficient (Wildman–Crippen LogP) is 2.67. The summed E-state index contributed by atoms with van der Waals surface area (Å²) in [4.78, 5) is 5.03. The van der Waals surface area contributed by atoms with Gasteiger partial charge in [-0.1, -0.05) is 6.92 Å². The smallest absolute Gasteiger partial charge is 0.0102 e. The minimum Gasteiger partial charge on any atom is -0.312 e. The number of likely N-dealkylation sites (tertiary alicyclic amines) is 1. The van der Waals surface area contributed by atoms with Crippen molar-refractivity contribution in [2.45, 2.75) is 59.0 Å². The van der Waals surface area contributed by atoms with E-state index in [-0.39, 0.29) is 5.54 Å². The van der Waals surface area contributed by atoms with E-state index in [0.29, 0.717) is 12.0 Å². The van der Waals surface area contributed by atoms with Crippen molar-refractivity contribution in [1.29, 1.82) is 0 Å².